The topological polar surface area (TPSA) is 30.2 Å². The molecule has 0 fully saturated rings. The SMILES string of the molecule is Cc1cc(C(=O)CN2CCn3cccc3C2C)c(C)n1CCc1cccs1. The fraction of sp³-hybridized carbons (Fsp3) is 0.409. The van der Waals surface area contributed by atoms with Crippen molar-refractivity contribution in [2.24, 2.45) is 0 Å². The number of thiophene rings is 1. The van der Waals surface area contributed by atoms with Crippen LogP contribution in [0.25, 0.3) is 0 Å². The monoisotopic (exact) mass is 381 g/mol. The van der Waals surface area contributed by atoms with Crippen molar-refractivity contribution in [3.05, 3.63) is 69.4 Å². The summed E-state index contributed by atoms with van der Waals surface area (Å²) in [5.74, 6) is 0.234. The van der Waals surface area contributed by atoms with E-state index < -0.39 is 0 Å². The number of aromatic nitrogens is 2. The molecule has 1 aliphatic rings. The first kappa shape index (κ1) is 18.3. The molecule has 4 heterocycles. The van der Waals surface area contributed by atoms with Crippen molar-refractivity contribution in [3.8, 4) is 0 Å². The molecule has 0 bridgehead atoms. The van der Waals surface area contributed by atoms with Crippen molar-refractivity contribution < 1.29 is 4.79 Å². The molecule has 0 radical (unpaired) electrons. The van der Waals surface area contributed by atoms with Crippen LogP contribution >= 0.6 is 11.3 Å². The number of aryl methyl sites for hydroxylation is 2. The van der Waals surface area contributed by atoms with Crippen molar-refractivity contribution in [1.82, 2.24) is 14.0 Å². The molecular weight excluding hydrogens is 354 g/mol. The highest BCUT2D eigenvalue weighted by Gasteiger charge is 2.26. The van der Waals surface area contributed by atoms with E-state index in [1.165, 1.54) is 16.3 Å². The maximum Gasteiger partial charge on any atom is 0.178 e. The lowest BCUT2D eigenvalue weighted by molar-refractivity contribution is 0.0867. The third kappa shape index (κ3) is 3.54. The summed E-state index contributed by atoms with van der Waals surface area (Å²) in [6.45, 7) is 9.68. The number of carbonyl (C=O) groups excluding carboxylic acids is 1. The molecule has 0 amide bonds. The van der Waals surface area contributed by atoms with Crippen LogP contribution in [0.15, 0.2) is 41.9 Å². The van der Waals surface area contributed by atoms with Crippen molar-refractivity contribution in [2.75, 3.05) is 13.1 Å². The van der Waals surface area contributed by atoms with Gasteiger partial charge in [-0.25, -0.2) is 0 Å². The second kappa shape index (κ2) is 7.49. The summed E-state index contributed by atoms with van der Waals surface area (Å²) >= 11 is 1.80. The van der Waals surface area contributed by atoms with E-state index in [0.717, 1.165) is 37.3 Å². The van der Waals surface area contributed by atoms with Crippen LogP contribution in [0.2, 0.25) is 0 Å². The minimum Gasteiger partial charge on any atom is -0.349 e. The molecule has 0 N–H and O–H groups in total. The van der Waals surface area contributed by atoms with Gasteiger partial charge in [0, 0.05) is 59.4 Å². The molecule has 0 spiro atoms. The van der Waals surface area contributed by atoms with Crippen molar-refractivity contribution in [2.45, 2.75) is 46.3 Å². The van der Waals surface area contributed by atoms with Gasteiger partial charge in [-0.2, -0.15) is 0 Å². The third-order valence-electron chi connectivity index (χ3n) is 5.85. The Morgan fingerprint density at radius 3 is 2.85 bits per heavy atom. The van der Waals surface area contributed by atoms with Gasteiger partial charge in [0.1, 0.15) is 0 Å². The number of Topliss-reactive ketones (excluding diaryl/α,β-unsaturated/α-hetero) is 1. The van der Waals surface area contributed by atoms with Crippen LogP contribution in [-0.2, 0) is 19.5 Å². The predicted molar refractivity (Wildman–Crippen MR) is 111 cm³/mol. The van der Waals surface area contributed by atoms with Gasteiger partial charge in [0.2, 0.25) is 0 Å². The zero-order chi connectivity index (χ0) is 19.0. The molecule has 0 saturated heterocycles. The lowest BCUT2D eigenvalue weighted by atomic mass is 10.1. The number of fused-ring (bicyclic) bond motifs is 1. The van der Waals surface area contributed by atoms with E-state index in [-0.39, 0.29) is 11.8 Å². The van der Waals surface area contributed by atoms with Gasteiger partial charge in [-0.3, -0.25) is 9.69 Å². The van der Waals surface area contributed by atoms with Gasteiger partial charge >= 0.3 is 0 Å². The maximum absolute atomic E-state index is 13.1. The van der Waals surface area contributed by atoms with Crippen LogP contribution in [0.1, 0.15) is 45.3 Å². The summed E-state index contributed by atoms with van der Waals surface area (Å²) in [7, 11) is 0. The molecule has 0 aromatic carbocycles. The Balaban J connectivity index is 1.47. The van der Waals surface area contributed by atoms with E-state index in [1.807, 2.05) is 0 Å². The number of hydrogen-bond donors (Lipinski definition) is 0. The fourth-order valence-electron chi connectivity index (χ4n) is 4.22. The summed E-state index contributed by atoms with van der Waals surface area (Å²) < 4.78 is 4.58. The molecule has 142 valence electrons. The number of nitrogens with zero attached hydrogens (tertiary/aromatic N) is 3. The molecule has 27 heavy (non-hydrogen) atoms. The predicted octanol–water partition coefficient (Wildman–Crippen LogP) is 4.47. The smallest absolute Gasteiger partial charge is 0.178 e. The highest BCUT2D eigenvalue weighted by Crippen LogP contribution is 2.26. The number of hydrogen-bond acceptors (Lipinski definition) is 3. The van der Waals surface area contributed by atoms with Gasteiger partial charge in [-0.1, -0.05) is 6.07 Å². The quantitative estimate of drug-likeness (QED) is 0.590. The first-order valence-electron chi connectivity index (χ1n) is 9.66. The molecule has 0 aliphatic carbocycles. The first-order chi connectivity index (χ1) is 13.0. The molecule has 1 unspecified atom stereocenters. The minimum atomic E-state index is 0.234. The normalized spacial score (nSPS) is 17.2. The molecule has 1 atom stereocenters. The van der Waals surface area contributed by atoms with Crippen LogP contribution in [0.4, 0.5) is 0 Å². The van der Waals surface area contributed by atoms with E-state index in [2.05, 4.69) is 76.7 Å². The second-order valence-electron chi connectivity index (χ2n) is 7.46. The Morgan fingerprint density at radius 1 is 1.22 bits per heavy atom. The molecule has 3 aromatic rings. The standard InChI is InChI=1S/C22H27N3OS/c1-16-14-20(17(2)25(16)10-8-19-6-5-13-27-19)22(26)15-24-12-11-23-9-4-7-21(23)18(24)3/h4-7,9,13-14,18H,8,10-12,15H2,1-3H3. The van der Waals surface area contributed by atoms with E-state index >= 15 is 0 Å². The lowest BCUT2D eigenvalue weighted by Gasteiger charge is -2.34. The molecule has 5 heteroatoms. The van der Waals surface area contributed by atoms with E-state index in [1.54, 1.807) is 11.3 Å². The van der Waals surface area contributed by atoms with Crippen LogP contribution in [0.3, 0.4) is 0 Å². The summed E-state index contributed by atoms with van der Waals surface area (Å²) in [4.78, 5) is 16.8. The summed E-state index contributed by atoms with van der Waals surface area (Å²) in [5, 5.41) is 2.12. The minimum absolute atomic E-state index is 0.234. The van der Waals surface area contributed by atoms with Crippen molar-refractivity contribution in [1.29, 1.82) is 0 Å². The Labute approximate surface area is 165 Å². The Bertz CT molecular complexity index is 935. The van der Waals surface area contributed by atoms with Crippen molar-refractivity contribution in [3.63, 3.8) is 0 Å². The second-order valence-corrected chi connectivity index (χ2v) is 8.49. The molecule has 1 aliphatic heterocycles. The molecule has 3 aromatic heterocycles. The first-order valence-corrected chi connectivity index (χ1v) is 10.5. The molecular formula is C22H27N3OS. The largest absolute Gasteiger partial charge is 0.349 e. The van der Waals surface area contributed by atoms with Crippen LogP contribution < -0.4 is 0 Å². The van der Waals surface area contributed by atoms with Crippen molar-refractivity contribution >= 4 is 17.1 Å². The van der Waals surface area contributed by atoms with Crippen LogP contribution in [0.5, 0.6) is 0 Å². The summed E-state index contributed by atoms with van der Waals surface area (Å²) in [6, 6.07) is 10.9. The van der Waals surface area contributed by atoms with E-state index in [4.69, 9.17) is 0 Å². The van der Waals surface area contributed by atoms with Crippen LogP contribution in [-0.4, -0.2) is 32.9 Å². The van der Waals surface area contributed by atoms with Gasteiger partial charge in [0.15, 0.2) is 5.78 Å². The van der Waals surface area contributed by atoms with Gasteiger partial charge < -0.3 is 9.13 Å². The highest BCUT2D eigenvalue weighted by atomic mass is 32.1. The third-order valence-corrected chi connectivity index (χ3v) is 6.79. The Morgan fingerprint density at radius 2 is 2.07 bits per heavy atom. The van der Waals surface area contributed by atoms with Gasteiger partial charge in [0.05, 0.1) is 6.54 Å². The number of rotatable bonds is 6. The van der Waals surface area contributed by atoms with E-state index in [9.17, 15) is 4.79 Å². The zero-order valence-electron chi connectivity index (χ0n) is 16.3. The fourth-order valence-corrected chi connectivity index (χ4v) is 4.92. The highest BCUT2D eigenvalue weighted by molar-refractivity contribution is 7.09. The molecule has 4 nitrogen and oxygen atoms in total. The summed E-state index contributed by atoms with van der Waals surface area (Å²) in [6.07, 6.45) is 3.15. The molecule has 0 saturated carbocycles. The Hall–Kier alpha value is -2.11. The van der Waals surface area contributed by atoms with Gasteiger partial charge in [-0.05, 0) is 56.8 Å². The maximum atomic E-state index is 13.1. The zero-order valence-corrected chi connectivity index (χ0v) is 17.1. The summed E-state index contributed by atoms with van der Waals surface area (Å²) in [5.41, 5.74) is 4.46. The Kier molecular flexibility index (Phi) is 5.06. The van der Waals surface area contributed by atoms with Gasteiger partial charge in [0.25, 0.3) is 0 Å². The average molecular weight is 382 g/mol. The van der Waals surface area contributed by atoms with E-state index in [0.29, 0.717) is 6.54 Å². The van der Waals surface area contributed by atoms with Crippen LogP contribution in [0, 0.1) is 13.8 Å². The molecule has 4 rings (SSSR count). The van der Waals surface area contributed by atoms with Gasteiger partial charge in [-0.15, -0.1) is 11.3 Å². The number of ketones is 1. The lowest BCUT2D eigenvalue weighted by Crippen LogP contribution is -2.39. The average Bonchev–Trinajstić information content (AvgIpc) is 3.37. The number of carbonyl (C=O) groups is 1.